The van der Waals surface area contributed by atoms with Crippen molar-refractivity contribution >= 4 is 6.34 Å². The number of aliphatic hydroxyl groups excluding tert-OH is 1. The van der Waals surface area contributed by atoms with Gasteiger partial charge in [-0.05, 0) is 6.42 Å². The highest BCUT2D eigenvalue weighted by Gasteiger charge is 2.23. The number of rotatable bonds is 18. The second kappa shape index (κ2) is 16.6. The minimum absolute atomic E-state index is 0.178. The molecule has 1 rings (SSSR count). The maximum Gasteiger partial charge on any atom is 0.172 e. The highest BCUT2D eigenvalue weighted by atomic mass is 16.5. The van der Waals surface area contributed by atoms with Gasteiger partial charge >= 0.3 is 0 Å². The molecule has 1 unspecified atom stereocenters. The third-order valence-electron chi connectivity index (χ3n) is 5.59. The molecule has 26 heavy (non-hydrogen) atoms. The minimum atomic E-state index is -1.26. The van der Waals surface area contributed by atoms with Crippen LogP contribution in [0.3, 0.4) is 0 Å². The van der Waals surface area contributed by atoms with E-state index in [0.717, 1.165) is 25.9 Å². The highest BCUT2D eigenvalue weighted by molar-refractivity contribution is 5.57. The van der Waals surface area contributed by atoms with Gasteiger partial charge in [0.25, 0.3) is 0 Å². The van der Waals surface area contributed by atoms with Gasteiger partial charge in [-0.25, -0.2) is 0 Å². The van der Waals surface area contributed by atoms with Crippen molar-refractivity contribution in [2.45, 2.75) is 122 Å². The summed E-state index contributed by atoms with van der Waals surface area (Å²) in [6.45, 7) is 3.88. The zero-order chi connectivity index (χ0) is 18.9. The topological polar surface area (TPSA) is 56.1 Å². The van der Waals surface area contributed by atoms with Crippen LogP contribution in [0.2, 0.25) is 0 Å². The largest absolute Gasteiger partial charge is 0.366 e. The second-order valence-corrected chi connectivity index (χ2v) is 7.98. The summed E-state index contributed by atoms with van der Waals surface area (Å²) in [5.41, 5.74) is 0. The van der Waals surface area contributed by atoms with Gasteiger partial charge in [0, 0.05) is 6.54 Å². The minimum Gasteiger partial charge on any atom is -0.366 e. The van der Waals surface area contributed by atoms with E-state index in [9.17, 15) is 10.2 Å². The van der Waals surface area contributed by atoms with Gasteiger partial charge in [-0.2, -0.15) is 0 Å². The van der Waals surface area contributed by atoms with Gasteiger partial charge in [0.1, 0.15) is 0 Å². The first-order valence-corrected chi connectivity index (χ1v) is 11.4. The summed E-state index contributed by atoms with van der Waals surface area (Å²) in [5, 5.41) is 19.1. The molecule has 0 spiro atoms. The number of hydrogen-bond acceptors (Lipinski definition) is 4. The zero-order valence-electron chi connectivity index (χ0n) is 17.2. The van der Waals surface area contributed by atoms with E-state index in [0.29, 0.717) is 0 Å². The van der Waals surface area contributed by atoms with Gasteiger partial charge in [0.15, 0.2) is 6.29 Å². The van der Waals surface area contributed by atoms with Crippen LogP contribution >= 0.6 is 0 Å². The van der Waals surface area contributed by atoms with Crippen molar-refractivity contribution in [2.24, 2.45) is 4.99 Å². The molecule has 1 heterocycles. The van der Waals surface area contributed by atoms with Crippen LogP contribution in [0.15, 0.2) is 4.99 Å². The SMILES string of the molecule is CCCCCCCCCCCCCCCCCC(C(O)O)N1C=NCC1. The predicted octanol–water partition coefficient (Wildman–Crippen LogP) is 5.27. The van der Waals surface area contributed by atoms with E-state index < -0.39 is 6.29 Å². The van der Waals surface area contributed by atoms with Crippen molar-refractivity contribution in [2.75, 3.05) is 13.1 Å². The van der Waals surface area contributed by atoms with Crippen LogP contribution in [0.5, 0.6) is 0 Å². The fraction of sp³-hybridized carbons (Fsp3) is 0.955. The van der Waals surface area contributed by atoms with Gasteiger partial charge in [0.2, 0.25) is 0 Å². The molecule has 0 saturated carbocycles. The smallest absolute Gasteiger partial charge is 0.172 e. The third-order valence-corrected chi connectivity index (χ3v) is 5.59. The molecule has 0 aliphatic carbocycles. The molecule has 1 aliphatic heterocycles. The van der Waals surface area contributed by atoms with Gasteiger partial charge in [0.05, 0.1) is 18.9 Å². The summed E-state index contributed by atoms with van der Waals surface area (Å²) in [6, 6.07) is -0.178. The quantitative estimate of drug-likeness (QED) is 0.256. The molecule has 0 amide bonds. The van der Waals surface area contributed by atoms with Crippen molar-refractivity contribution in [3.05, 3.63) is 0 Å². The van der Waals surface area contributed by atoms with E-state index >= 15 is 0 Å². The molecule has 2 N–H and O–H groups in total. The van der Waals surface area contributed by atoms with Crippen molar-refractivity contribution in [3.8, 4) is 0 Å². The van der Waals surface area contributed by atoms with E-state index in [1.54, 1.807) is 6.34 Å². The molecule has 0 aromatic carbocycles. The number of aliphatic imine (C=N–C) groups is 1. The molecule has 0 fully saturated rings. The average molecular weight is 369 g/mol. The Morgan fingerprint density at radius 2 is 1.23 bits per heavy atom. The lowest BCUT2D eigenvalue weighted by molar-refractivity contribution is -0.0873. The first-order chi connectivity index (χ1) is 12.8. The van der Waals surface area contributed by atoms with E-state index in [2.05, 4.69) is 11.9 Å². The van der Waals surface area contributed by atoms with Crippen LogP contribution in [0, 0.1) is 0 Å². The Bertz CT molecular complexity index is 334. The Morgan fingerprint density at radius 1 is 0.769 bits per heavy atom. The normalized spacial score (nSPS) is 15.3. The molecule has 0 aromatic rings. The van der Waals surface area contributed by atoms with E-state index in [1.807, 2.05) is 4.90 Å². The first kappa shape index (κ1) is 23.4. The summed E-state index contributed by atoms with van der Waals surface area (Å²) >= 11 is 0. The lowest BCUT2D eigenvalue weighted by Gasteiger charge is -2.28. The molecule has 4 nitrogen and oxygen atoms in total. The summed E-state index contributed by atoms with van der Waals surface area (Å²) in [7, 11) is 0. The number of hydrogen-bond donors (Lipinski definition) is 2. The number of nitrogens with zero attached hydrogens (tertiary/aromatic N) is 2. The summed E-state index contributed by atoms with van der Waals surface area (Å²) < 4.78 is 0. The molecule has 0 saturated heterocycles. The van der Waals surface area contributed by atoms with E-state index in [-0.39, 0.29) is 6.04 Å². The van der Waals surface area contributed by atoms with Gasteiger partial charge in [-0.3, -0.25) is 4.99 Å². The maximum atomic E-state index is 9.54. The molecule has 154 valence electrons. The zero-order valence-corrected chi connectivity index (χ0v) is 17.2. The van der Waals surface area contributed by atoms with Crippen LogP contribution in [0.25, 0.3) is 0 Å². The third kappa shape index (κ3) is 11.9. The van der Waals surface area contributed by atoms with Crippen LogP contribution in [0.4, 0.5) is 0 Å². The molecule has 1 atom stereocenters. The fourth-order valence-corrected chi connectivity index (χ4v) is 3.86. The molecule has 4 heteroatoms. The number of aliphatic hydroxyl groups is 2. The molecular weight excluding hydrogens is 324 g/mol. The van der Waals surface area contributed by atoms with Gasteiger partial charge in [-0.1, -0.05) is 103 Å². The standard InChI is InChI=1S/C22H44N2O2/c1-2-3-4-5-6-7-8-9-10-11-12-13-14-15-16-17-21(22(25)26)24-19-18-23-20-24/h20-22,25-26H,2-19H2,1H3. The summed E-state index contributed by atoms with van der Waals surface area (Å²) in [4.78, 5) is 6.15. The Labute approximate surface area is 162 Å². The second-order valence-electron chi connectivity index (χ2n) is 7.98. The van der Waals surface area contributed by atoms with E-state index in [1.165, 1.54) is 89.9 Å². The van der Waals surface area contributed by atoms with Crippen molar-refractivity contribution < 1.29 is 10.2 Å². The van der Waals surface area contributed by atoms with Crippen molar-refractivity contribution in [3.63, 3.8) is 0 Å². The molecular formula is C22H44N2O2. The van der Waals surface area contributed by atoms with Crippen LogP contribution in [-0.2, 0) is 0 Å². The maximum absolute atomic E-state index is 9.54. The van der Waals surface area contributed by atoms with Crippen molar-refractivity contribution in [1.29, 1.82) is 0 Å². The average Bonchev–Trinajstić information content (AvgIpc) is 3.15. The van der Waals surface area contributed by atoms with E-state index in [4.69, 9.17) is 0 Å². The van der Waals surface area contributed by atoms with Crippen LogP contribution in [-0.4, -0.2) is 46.9 Å². The van der Waals surface area contributed by atoms with Crippen molar-refractivity contribution in [1.82, 2.24) is 4.90 Å². The Morgan fingerprint density at radius 3 is 1.62 bits per heavy atom. The highest BCUT2D eigenvalue weighted by Crippen LogP contribution is 2.16. The summed E-state index contributed by atoms with van der Waals surface area (Å²) in [5.74, 6) is 0. The first-order valence-electron chi connectivity index (χ1n) is 11.4. The number of unbranched alkanes of at least 4 members (excludes halogenated alkanes) is 14. The van der Waals surface area contributed by atoms with Gasteiger partial charge in [-0.15, -0.1) is 0 Å². The monoisotopic (exact) mass is 368 g/mol. The molecule has 1 aliphatic rings. The van der Waals surface area contributed by atoms with Crippen LogP contribution < -0.4 is 0 Å². The van der Waals surface area contributed by atoms with Crippen LogP contribution in [0.1, 0.15) is 110 Å². The summed E-state index contributed by atoms with van der Waals surface area (Å²) in [6.07, 6.45) is 21.7. The van der Waals surface area contributed by atoms with Gasteiger partial charge < -0.3 is 15.1 Å². The lowest BCUT2D eigenvalue weighted by atomic mass is 10.0. The lowest BCUT2D eigenvalue weighted by Crippen LogP contribution is -2.42. The molecule has 0 aromatic heterocycles. The fourth-order valence-electron chi connectivity index (χ4n) is 3.86. The molecule has 0 radical (unpaired) electrons. The Balaban J connectivity index is 1.82. The predicted molar refractivity (Wildman–Crippen MR) is 112 cm³/mol. The molecule has 0 bridgehead atoms. The Hall–Kier alpha value is -0.610. The Kier molecular flexibility index (Phi) is 14.9.